The van der Waals surface area contributed by atoms with Gasteiger partial charge >= 0.3 is 0 Å². The van der Waals surface area contributed by atoms with Crippen LogP contribution in [0.3, 0.4) is 0 Å². The van der Waals surface area contributed by atoms with Gasteiger partial charge in [0.25, 0.3) is 17.5 Å². The van der Waals surface area contributed by atoms with E-state index in [1.807, 2.05) is 13.0 Å². The lowest BCUT2D eigenvalue weighted by Gasteiger charge is -2.19. The van der Waals surface area contributed by atoms with Crippen LogP contribution in [0.5, 0.6) is 0 Å². The van der Waals surface area contributed by atoms with E-state index in [1.54, 1.807) is 24.3 Å². The molecule has 0 atom stereocenters. The smallest absolute Gasteiger partial charge is 0.261 e. The summed E-state index contributed by atoms with van der Waals surface area (Å²) < 4.78 is 0. The molecule has 0 spiro atoms. The van der Waals surface area contributed by atoms with E-state index < -0.39 is 4.92 Å². The average molecular weight is 298 g/mol. The monoisotopic (exact) mass is 298 g/mol. The molecule has 0 saturated carbocycles. The largest absolute Gasteiger partial charge is 0.270 e. The van der Waals surface area contributed by atoms with E-state index in [0.29, 0.717) is 23.1 Å². The Balaban J connectivity index is 1.92. The van der Waals surface area contributed by atoms with Crippen molar-refractivity contribution in [1.29, 1.82) is 0 Å². The molecule has 0 aromatic heterocycles. The standard InChI is InChI=1S/C16H14N2O4/c1-10-6-7-14(18(21)22)11(8-10)9-17-15(19)12-4-2-3-5-13(12)16(17)20/h2-6H,7-9H2,1H3. The van der Waals surface area contributed by atoms with Crippen LogP contribution in [0, 0.1) is 10.1 Å². The number of nitro groups is 1. The highest BCUT2D eigenvalue weighted by atomic mass is 16.6. The number of imide groups is 1. The van der Waals surface area contributed by atoms with Crippen molar-refractivity contribution in [2.45, 2.75) is 19.8 Å². The van der Waals surface area contributed by atoms with Gasteiger partial charge in [-0.25, -0.2) is 0 Å². The van der Waals surface area contributed by atoms with E-state index >= 15 is 0 Å². The number of carbonyl (C=O) groups is 2. The Hall–Kier alpha value is -2.76. The lowest BCUT2D eigenvalue weighted by atomic mass is 9.96. The Morgan fingerprint density at radius 2 is 1.77 bits per heavy atom. The number of rotatable bonds is 3. The normalized spacial score (nSPS) is 17.7. The van der Waals surface area contributed by atoms with Crippen molar-refractivity contribution in [3.8, 4) is 0 Å². The molecule has 0 N–H and O–H groups in total. The minimum atomic E-state index is -0.420. The van der Waals surface area contributed by atoms with Gasteiger partial charge in [-0.1, -0.05) is 23.8 Å². The Morgan fingerprint density at radius 1 is 1.18 bits per heavy atom. The van der Waals surface area contributed by atoms with Crippen molar-refractivity contribution in [3.63, 3.8) is 0 Å². The Kier molecular flexibility index (Phi) is 3.36. The van der Waals surface area contributed by atoms with Crippen LogP contribution in [-0.4, -0.2) is 28.2 Å². The number of amides is 2. The lowest BCUT2D eigenvalue weighted by Crippen LogP contribution is -2.33. The van der Waals surface area contributed by atoms with Gasteiger partial charge in [0.05, 0.1) is 29.0 Å². The van der Waals surface area contributed by atoms with Gasteiger partial charge in [0.2, 0.25) is 0 Å². The molecule has 0 unspecified atom stereocenters. The summed E-state index contributed by atoms with van der Waals surface area (Å²) in [6, 6.07) is 6.60. The molecule has 1 aromatic rings. The van der Waals surface area contributed by atoms with Crippen LogP contribution >= 0.6 is 0 Å². The molecule has 0 radical (unpaired) electrons. The molecule has 6 nitrogen and oxygen atoms in total. The number of benzene rings is 1. The van der Waals surface area contributed by atoms with Crippen LogP contribution < -0.4 is 0 Å². The molecule has 22 heavy (non-hydrogen) atoms. The summed E-state index contributed by atoms with van der Waals surface area (Å²) in [5.74, 6) is -0.772. The first-order valence-corrected chi connectivity index (χ1v) is 6.95. The van der Waals surface area contributed by atoms with Gasteiger partial charge in [0.15, 0.2) is 0 Å². The lowest BCUT2D eigenvalue weighted by molar-refractivity contribution is -0.428. The van der Waals surface area contributed by atoms with Crippen LogP contribution in [0.25, 0.3) is 0 Å². The molecule has 0 saturated heterocycles. The van der Waals surface area contributed by atoms with Crippen LogP contribution in [-0.2, 0) is 0 Å². The average Bonchev–Trinajstić information content (AvgIpc) is 2.73. The Morgan fingerprint density at radius 3 is 2.32 bits per heavy atom. The maximum Gasteiger partial charge on any atom is 0.261 e. The first-order valence-electron chi connectivity index (χ1n) is 6.95. The molecule has 1 aliphatic carbocycles. The molecule has 2 amide bonds. The van der Waals surface area contributed by atoms with Crippen molar-refractivity contribution in [2.24, 2.45) is 0 Å². The van der Waals surface area contributed by atoms with Gasteiger partial charge in [-0.2, -0.15) is 0 Å². The van der Waals surface area contributed by atoms with Crippen molar-refractivity contribution in [1.82, 2.24) is 4.90 Å². The van der Waals surface area contributed by atoms with Crippen molar-refractivity contribution in [3.05, 3.63) is 68.4 Å². The summed E-state index contributed by atoms with van der Waals surface area (Å²) in [4.78, 5) is 36.5. The fourth-order valence-corrected chi connectivity index (χ4v) is 2.85. The third kappa shape index (κ3) is 2.22. The zero-order valence-corrected chi connectivity index (χ0v) is 12.0. The zero-order chi connectivity index (χ0) is 15.9. The van der Waals surface area contributed by atoms with E-state index in [0.717, 1.165) is 10.5 Å². The van der Waals surface area contributed by atoms with Crippen LogP contribution in [0.1, 0.15) is 40.5 Å². The van der Waals surface area contributed by atoms with E-state index in [1.165, 1.54) is 0 Å². The number of fused-ring (bicyclic) bond motifs is 1. The summed E-state index contributed by atoms with van der Waals surface area (Å²) in [6.45, 7) is 1.87. The van der Waals surface area contributed by atoms with Gasteiger partial charge in [0.1, 0.15) is 0 Å². The maximum atomic E-state index is 12.3. The van der Waals surface area contributed by atoms with Crippen LogP contribution in [0.15, 0.2) is 47.2 Å². The molecule has 6 heteroatoms. The van der Waals surface area contributed by atoms with Gasteiger partial charge in [-0.3, -0.25) is 24.6 Å². The number of hydrogen-bond acceptors (Lipinski definition) is 4. The third-order valence-electron chi connectivity index (χ3n) is 3.99. The molecule has 1 aromatic carbocycles. The fraction of sp³-hybridized carbons (Fsp3) is 0.250. The number of hydrogen-bond donors (Lipinski definition) is 0. The molecule has 0 fully saturated rings. The van der Waals surface area contributed by atoms with Crippen LogP contribution in [0.4, 0.5) is 0 Å². The maximum absolute atomic E-state index is 12.3. The number of nitrogens with zero attached hydrogens (tertiary/aromatic N) is 2. The second-order valence-electron chi connectivity index (χ2n) is 5.48. The molecule has 112 valence electrons. The first kappa shape index (κ1) is 14.2. The van der Waals surface area contributed by atoms with Crippen molar-refractivity contribution >= 4 is 11.8 Å². The van der Waals surface area contributed by atoms with Crippen molar-refractivity contribution in [2.75, 3.05) is 6.54 Å². The zero-order valence-electron chi connectivity index (χ0n) is 12.0. The second-order valence-corrected chi connectivity index (χ2v) is 5.48. The van der Waals surface area contributed by atoms with E-state index in [2.05, 4.69) is 0 Å². The molecular weight excluding hydrogens is 284 g/mol. The first-order chi connectivity index (χ1) is 10.5. The Bertz CT molecular complexity index is 726. The SMILES string of the molecule is CC1=CCC([N+](=O)[O-])=C(CN2C(=O)c3ccccc3C2=O)C1. The molecular formula is C16H14N2O4. The minimum Gasteiger partial charge on any atom is -0.270 e. The van der Waals surface area contributed by atoms with Crippen molar-refractivity contribution < 1.29 is 14.5 Å². The third-order valence-corrected chi connectivity index (χ3v) is 3.99. The van der Waals surface area contributed by atoms with Gasteiger partial charge in [0, 0.05) is 5.57 Å². The topological polar surface area (TPSA) is 80.5 Å². The summed E-state index contributed by atoms with van der Waals surface area (Å²) in [6.07, 6.45) is 2.46. The van der Waals surface area contributed by atoms with Crippen LogP contribution in [0.2, 0.25) is 0 Å². The summed E-state index contributed by atoms with van der Waals surface area (Å²) >= 11 is 0. The molecule has 0 bridgehead atoms. The number of allylic oxidation sites excluding steroid dienone is 2. The summed E-state index contributed by atoms with van der Waals surface area (Å²) in [7, 11) is 0. The van der Waals surface area contributed by atoms with Gasteiger partial charge < -0.3 is 0 Å². The predicted octanol–water partition coefficient (Wildman–Crippen LogP) is 2.55. The highest BCUT2D eigenvalue weighted by Crippen LogP contribution is 2.29. The summed E-state index contributed by atoms with van der Waals surface area (Å²) in [5.41, 5.74) is 2.34. The Labute approximate surface area is 126 Å². The van der Waals surface area contributed by atoms with Gasteiger partial charge in [-0.15, -0.1) is 0 Å². The van der Waals surface area contributed by atoms with E-state index in [4.69, 9.17) is 0 Å². The second kappa shape index (κ2) is 5.22. The summed E-state index contributed by atoms with van der Waals surface area (Å²) in [5, 5.41) is 11.2. The molecule has 1 aliphatic heterocycles. The molecule has 3 rings (SSSR count). The fourth-order valence-electron chi connectivity index (χ4n) is 2.85. The highest BCUT2D eigenvalue weighted by molar-refractivity contribution is 6.21. The van der Waals surface area contributed by atoms with Gasteiger partial charge in [-0.05, 0) is 25.5 Å². The molecule has 2 aliphatic rings. The number of carbonyl (C=O) groups excluding carboxylic acids is 2. The highest BCUT2D eigenvalue weighted by Gasteiger charge is 2.37. The molecule has 1 heterocycles. The predicted molar refractivity (Wildman–Crippen MR) is 78.8 cm³/mol. The van der Waals surface area contributed by atoms with E-state index in [9.17, 15) is 19.7 Å². The quantitative estimate of drug-likeness (QED) is 0.372. The minimum absolute atomic E-state index is 0.0200. The van der Waals surface area contributed by atoms with E-state index in [-0.39, 0.29) is 30.5 Å².